The molecule has 2 aliphatic carbocycles. The molecule has 168 valence electrons. The SMILES string of the molecule is CC1C2=C(CCCC(C(C)(C)C)C#C2)C(C)C2=C1C#Cc1ccccc1N(C(C)(C)C)C2. The van der Waals surface area contributed by atoms with Crippen molar-refractivity contribution in [3.05, 3.63) is 52.1 Å². The first-order valence-corrected chi connectivity index (χ1v) is 12.3. The largest absolute Gasteiger partial charge is 0.362 e. The first kappa shape index (κ1) is 22.8. The third kappa shape index (κ3) is 4.16. The topological polar surface area (TPSA) is 3.24 Å². The van der Waals surface area contributed by atoms with Crippen molar-refractivity contribution in [3.8, 4) is 23.7 Å². The zero-order chi connectivity index (χ0) is 23.3. The van der Waals surface area contributed by atoms with Crippen LogP contribution in [0.5, 0.6) is 0 Å². The monoisotopic (exact) mass is 425 g/mol. The normalized spacial score (nSPS) is 25.6. The van der Waals surface area contributed by atoms with Gasteiger partial charge in [0, 0.05) is 46.5 Å². The summed E-state index contributed by atoms with van der Waals surface area (Å²) < 4.78 is 0. The van der Waals surface area contributed by atoms with Crippen LogP contribution in [-0.4, -0.2) is 12.1 Å². The molecule has 0 aromatic heterocycles. The molecule has 1 aromatic carbocycles. The Morgan fingerprint density at radius 3 is 2.22 bits per heavy atom. The molecule has 0 bridgehead atoms. The summed E-state index contributed by atoms with van der Waals surface area (Å²) in [6.45, 7) is 19.6. The van der Waals surface area contributed by atoms with Crippen LogP contribution in [0.2, 0.25) is 0 Å². The smallest absolute Gasteiger partial charge is 0.0532 e. The van der Waals surface area contributed by atoms with E-state index in [-0.39, 0.29) is 16.9 Å². The summed E-state index contributed by atoms with van der Waals surface area (Å²) in [6, 6.07) is 8.64. The summed E-state index contributed by atoms with van der Waals surface area (Å²) in [7, 11) is 0. The molecule has 3 aliphatic rings. The van der Waals surface area contributed by atoms with Crippen LogP contribution in [0, 0.1) is 46.9 Å². The van der Waals surface area contributed by atoms with E-state index in [9.17, 15) is 0 Å². The van der Waals surface area contributed by atoms with Gasteiger partial charge in [-0.15, -0.1) is 0 Å². The highest BCUT2D eigenvalue weighted by Gasteiger charge is 2.35. The molecule has 0 fully saturated rings. The van der Waals surface area contributed by atoms with E-state index in [0.29, 0.717) is 11.8 Å². The lowest BCUT2D eigenvalue weighted by Gasteiger charge is -2.43. The number of allylic oxidation sites excluding steroid dienone is 3. The standard InChI is InChI=1S/C31H39N/c1-21-26-19-17-24(30(3,4)5)13-11-14-25(26)22(2)28-20-32(31(6,7)8)29-15-10-9-12-23(29)16-18-27(21)28/h9-10,12,15,21-22,24H,11,13-14,20H2,1-8H3. The van der Waals surface area contributed by atoms with E-state index in [4.69, 9.17) is 0 Å². The highest BCUT2D eigenvalue weighted by molar-refractivity contribution is 5.67. The quantitative estimate of drug-likeness (QED) is 0.392. The molecular weight excluding hydrogens is 386 g/mol. The Kier molecular flexibility index (Phi) is 5.84. The maximum absolute atomic E-state index is 3.70. The minimum atomic E-state index is 0.0194. The fourth-order valence-corrected chi connectivity index (χ4v) is 5.51. The molecule has 1 heterocycles. The van der Waals surface area contributed by atoms with Gasteiger partial charge in [-0.3, -0.25) is 0 Å². The number of rotatable bonds is 0. The zero-order valence-electron chi connectivity index (χ0n) is 21.3. The highest BCUT2D eigenvalue weighted by atomic mass is 15.2. The Morgan fingerprint density at radius 2 is 1.53 bits per heavy atom. The third-order valence-electron chi connectivity index (χ3n) is 7.63. The van der Waals surface area contributed by atoms with E-state index in [1.54, 1.807) is 5.57 Å². The Bertz CT molecular complexity index is 1090. The van der Waals surface area contributed by atoms with Crippen LogP contribution in [0.4, 0.5) is 5.69 Å². The van der Waals surface area contributed by atoms with Crippen molar-refractivity contribution in [2.45, 2.75) is 80.2 Å². The van der Waals surface area contributed by atoms with E-state index in [1.165, 1.54) is 41.7 Å². The summed E-state index contributed by atoms with van der Waals surface area (Å²) in [6.07, 6.45) is 3.59. The molecule has 3 unspecified atom stereocenters. The maximum atomic E-state index is 3.70. The lowest BCUT2D eigenvalue weighted by molar-refractivity contribution is 0.282. The number of hydrogen-bond donors (Lipinski definition) is 0. The van der Waals surface area contributed by atoms with Crippen LogP contribution in [-0.2, 0) is 0 Å². The third-order valence-corrected chi connectivity index (χ3v) is 7.63. The Balaban J connectivity index is 1.83. The first-order chi connectivity index (χ1) is 15.0. The number of nitrogens with zero attached hydrogens (tertiary/aromatic N) is 1. The van der Waals surface area contributed by atoms with Crippen LogP contribution in [0.25, 0.3) is 0 Å². The highest BCUT2D eigenvalue weighted by Crippen LogP contribution is 2.44. The van der Waals surface area contributed by atoms with Crippen molar-refractivity contribution < 1.29 is 0 Å². The average Bonchev–Trinajstić information content (AvgIpc) is 2.65. The molecule has 0 amide bonds. The van der Waals surface area contributed by atoms with Gasteiger partial charge < -0.3 is 4.90 Å². The predicted molar refractivity (Wildman–Crippen MR) is 137 cm³/mol. The van der Waals surface area contributed by atoms with Gasteiger partial charge in [-0.1, -0.05) is 76.0 Å². The van der Waals surface area contributed by atoms with Crippen molar-refractivity contribution in [1.29, 1.82) is 0 Å². The van der Waals surface area contributed by atoms with Gasteiger partial charge in [-0.05, 0) is 63.2 Å². The molecule has 1 nitrogen and oxygen atoms in total. The van der Waals surface area contributed by atoms with E-state index >= 15 is 0 Å². The van der Waals surface area contributed by atoms with Gasteiger partial charge in [-0.25, -0.2) is 0 Å². The Morgan fingerprint density at radius 1 is 0.844 bits per heavy atom. The van der Waals surface area contributed by atoms with Crippen LogP contribution in [0.15, 0.2) is 46.6 Å². The second-order valence-corrected chi connectivity index (χ2v) is 11.9. The van der Waals surface area contributed by atoms with Crippen molar-refractivity contribution in [1.82, 2.24) is 0 Å². The molecule has 0 spiro atoms. The maximum Gasteiger partial charge on any atom is 0.0532 e. The van der Waals surface area contributed by atoms with Crippen LogP contribution in [0.3, 0.4) is 0 Å². The lowest BCUT2D eigenvalue weighted by Crippen LogP contribution is -2.45. The zero-order valence-corrected chi connectivity index (χ0v) is 21.3. The summed E-state index contributed by atoms with van der Waals surface area (Å²) >= 11 is 0. The molecular formula is C31H39N. The van der Waals surface area contributed by atoms with Gasteiger partial charge in [0.2, 0.25) is 0 Å². The summed E-state index contributed by atoms with van der Waals surface area (Å²) in [5.41, 5.74) is 8.37. The molecule has 3 atom stereocenters. The van der Waals surface area contributed by atoms with Crippen molar-refractivity contribution >= 4 is 5.69 Å². The number of anilines is 1. The van der Waals surface area contributed by atoms with Gasteiger partial charge in [-0.2, -0.15) is 0 Å². The molecule has 0 N–H and O–H groups in total. The van der Waals surface area contributed by atoms with Crippen LogP contribution in [0.1, 0.15) is 80.2 Å². The minimum Gasteiger partial charge on any atom is -0.362 e. The lowest BCUT2D eigenvalue weighted by atomic mass is 9.69. The molecule has 0 radical (unpaired) electrons. The van der Waals surface area contributed by atoms with E-state index in [1.807, 2.05) is 0 Å². The van der Waals surface area contributed by atoms with Crippen molar-refractivity contribution in [2.24, 2.45) is 23.2 Å². The second-order valence-electron chi connectivity index (χ2n) is 11.9. The number of benzene rings is 1. The van der Waals surface area contributed by atoms with E-state index < -0.39 is 0 Å². The van der Waals surface area contributed by atoms with Crippen molar-refractivity contribution in [3.63, 3.8) is 0 Å². The van der Waals surface area contributed by atoms with E-state index in [0.717, 1.165) is 12.1 Å². The Hall–Kier alpha value is -2.38. The van der Waals surface area contributed by atoms with Gasteiger partial charge in [0.25, 0.3) is 0 Å². The number of fused-ring (bicyclic) bond motifs is 1. The molecule has 32 heavy (non-hydrogen) atoms. The van der Waals surface area contributed by atoms with Gasteiger partial charge in [0.15, 0.2) is 0 Å². The predicted octanol–water partition coefficient (Wildman–Crippen LogP) is 7.39. The van der Waals surface area contributed by atoms with Crippen molar-refractivity contribution in [2.75, 3.05) is 11.4 Å². The van der Waals surface area contributed by atoms with Crippen LogP contribution < -0.4 is 4.90 Å². The fourth-order valence-electron chi connectivity index (χ4n) is 5.51. The van der Waals surface area contributed by atoms with Crippen LogP contribution >= 0.6 is 0 Å². The van der Waals surface area contributed by atoms with Gasteiger partial charge in [0.1, 0.15) is 0 Å². The second kappa shape index (κ2) is 8.19. The first-order valence-electron chi connectivity index (χ1n) is 12.3. The molecule has 0 saturated carbocycles. The molecule has 1 heteroatoms. The number of hydrogen-bond acceptors (Lipinski definition) is 1. The molecule has 4 rings (SSSR count). The Labute approximate surface area is 196 Å². The molecule has 0 saturated heterocycles. The molecule has 1 aliphatic heterocycles. The summed E-state index contributed by atoms with van der Waals surface area (Å²) in [5.74, 6) is 15.7. The summed E-state index contributed by atoms with van der Waals surface area (Å²) in [4.78, 5) is 2.56. The van der Waals surface area contributed by atoms with E-state index in [2.05, 4.69) is 108 Å². The van der Waals surface area contributed by atoms with Gasteiger partial charge in [0.05, 0.1) is 5.69 Å². The summed E-state index contributed by atoms with van der Waals surface area (Å²) in [5, 5.41) is 0. The van der Waals surface area contributed by atoms with Gasteiger partial charge >= 0.3 is 0 Å². The fraction of sp³-hybridized carbons (Fsp3) is 0.548. The minimum absolute atomic E-state index is 0.0194. The molecule has 1 aromatic rings. The number of para-hydroxylation sites is 1. The average molecular weight is 426 g/mol.